The molecule has 0 saturated heterocycles. The molecule has 0 radical (unpaired) electrons. The molecule has 158 valence electrons. The Morgan fingerprint density at radius 2 is 2.03 bits per heavy atom. The number of methoxy groups -OCH3 is 1. The lowest BCUT2D eigenvalue weighted by Gasteiger charge is -2.18. The lowest BCUT2D eigenvalue weighted by molar-refractivity contribution is -0.120. The van der Waals surface area contributed by atoms with Gasteiger partial charge in [0.2, 0.25) is 0 Å². The van der Waals surface area contributed by atoms with Crippen molar-refractivity contribution in [3.05, 3.63) is 61.3 Å². The largest absolute Gasteiger partial charge is 0.496 e. The van der Waals surface area contributed by atoms with E-state index in [2.05, 4.69) is 15.3 Å². The average Bonchev–Trinajstić information content (AvgIpc) is 3.50. The van der Waals surface area contributed by atoms with E-state index in [0.717, 1.165) is 5.56 Å². The van der Waals surface area contributed by atoms with Crippen molar-refractivity contribution in [2.24, 2.45) is 0 Å². The highest BCUT2D eigenvalue weighted by Crippen LogP contribution is 2.34. The van der Waals surface area contributed by atoms with E-state index in [1.54, 1.807) is 44.8 Å². The Hall–Kier alpha value is -4.11. The third-order valence-corrected chi connectivity index (χ3v) is 4.71. The van der Waals surface area contributed by atoms with Gasteiger partial charge in [0.15, 0.2) is 12.2 Å². The van der Waals surface area contributed by atoms with Crippen molar-refractivity contribution >= 4 is 23.3 Å². The van der Waals surface area contributed by atoms with E-state index in [9.17, 15) is 4.79 Å². The zero-order chi connectivity index (χ0) is 21.8. The SMILES string of the molecule is COc1cc(Nc2ncc(-c3ccccc3N(C)C(=O)CO)o2)ccc1-c1cocn1. The number of benzene rings is 2. The standard InChI is InChI=1S/C22H20N4O5/c1-26(21(28)11-27)18-6-4-3-5-16(18)20-10-23-22(31-20)25-14-7-8-15(19(9-14)29-2)17-12-30-13-24-17/h3-10,12-13,27H,11H2,1-2H3,(H,23,25). The molecule has 0 fully saturated rings. The Bertz CT molecular complexity index is 1190. The second kappa shape index (κ2) is 8.72. The number of nitrogens with zero attached hydrogens (tertiary/aromatic N) is 3. The van der Waals surface area contributed by atoms with Gasteiger partial charge in [-0.1, -0.05) is 12.1 Å². The number of rotatable bonds is 7. The number of amides is 1. The topological polar surface area (TPSA) is 114 Å². The molecule has 9 heteroatoms. The van der Waals surface area contributed by atoms with Gasteiger partial charge in [0, 0.05) is 29.9 Å². The number of carbonyl (C=O) groups excluding carboxylic acids is 1. The van der Waals surface area contributed by atoms with Crippen LogP contribution in [-0.2, 0) is 4.79 Å². The van der Waals surface area contributed by atoms with E-state index in [1.165, 1.54) is 11.3 Å². The fraction of sp³-hybridized carbons (Fsp3) is 0.136. The average molecular weight is 420 g/mol. The molecule has 2 N–H and O–H groups in total. The molecule has 2 aromatic carbocycles. The summed E-state index contributed by atoms with van der Waals surface area (Å²) in [5, 5.41) is 12.3. The number of carbonyl (C=O) groups is 1. The molecule has 2 aromatic heterocycles. The van der Waals surface area contributed by atoms with Crippen LogP contribution in [0.2, 0.25) is 0 Å². The Kier molecular flexibility index (Phi) is 5.67. The monoisotopic (exact) mass is 420 g/mol. The maximum Gasteiger partial charge on any atom is 0.299 e. The molecule has 0 aliphatic carbocycles. The minimum atomic E-state index is -0.583. The van der Waals surface area contributed by atoms with Crippen LogP contribution in [0.25, 0.3) is 22.6 Å². The zero-order valence-electron chi connectivity index (χ0n) is 16.9. The van der Waals surface area contributed by atoms with E-state index >= 15 is 0 Å². The molecule has 0 atom stereocenters. The molecule has 4 aromatic rings. The Balaban J connectivity index is 1.59. The summed E-state index contributed by atoms with van der Waals surface area (Å²) in [5.74, 6) is 0.659. The molecule has 0 bridgehead atoms. The first kappa shape index (κ1) is 20.2. The summed E-state index contributed by atoms with van der Waals surface area (Å²) in [6.07, 6.45) is 4.47. The van der Waals surface area contributed by atoms with Crippen LogP contribution in [0.15, 0.2) is 70.2 Å². The smallest absolute Gasteiger partial charge is 0.299 e. The van der Waals surface area contributed by atoms with Crippen molar-refractivity contribution in [2.45, 2.75) is 0 Å². The number of hydrogen-bond acceptors (Lipinski definition) is 8. The Morgan fingerprint density at radius 1 is 1.19 bits per heavy atom. The molecule has 0 aliphatic heterocycles. The molecule has 31 heavy (non-hydrogen) atoms. The minimum absolute atomic E-state index is 0.275. The van der Waals surface area contributed by atoms with Crippen molar-refractivity contribution in [1.82, 2.24) is 9.97 Å². The normalized spacial score (nSPS) is 10.7. The van der Waals surface area contributed by atoms with Crippen molar-refractivity contribution in [3.63, 3.8) is 0 Å². The second-order valence-electron chi connectivity index (χ2n) is 6.57. The predicted molar refractivity (Wildman–Crippen MR) is 114 cm³/mol. The van der Waals surface area contributed by atoms with Gasteiger partial charge in [0.05, 0.1) is 19.0 Å². The van der Waals surface area contributed by atoms with Crippen LogP contribution < -0.4 is 15.0 Å². The summed E-state index contributed by atoms with van der Waals surface area (Å²) in [7, 11) is 3.17. The van der Waals surface area contributed by atoms with E-state index < -0.39 is 12.5 Å². The summed E-state index contributed by atoms with van der Waals surface area (Å²) in [6, 6.07) is 13.0. The summed E-state index contributed by atoms with van der Waals surface area (Å²) in [5.41, 5.74) is 3.44. The second-order valence-corrected chi connectivity index (χ2v) is 6.57. The van der Waals surface area contributed by atoms with Gasteiger partial charge in [0.25, 0.3) is 11.9 Å². The summed E-state index contributed by atoms with van der Waals surface area (Å²) < 4.78 is 16.4. The molecule has 1 amide bonds. The fourth-order valence-corrected chi connectivity index (χ4v) is 3.12. The summed E-state index contributed by atoms with van der Waals surface area (Å²) in [4.78, 5) is 21.7. The number of aromatic nitrogens is 2. The Morgan fingerprint density at radius 3 is 2.77 bits per heavy atom. The first-order chi connectivity index (χ1) is 15.1. The molecule has 0 saturated carbocycles. The number of aliphatic hydroxyl groups excluding tert-OH is 1. The Labute approximate surface area is 177 Å². The van der Waals surface area contributed by atoms with Gasteiger partial charge >= 0.3 is 0 Å². The fourth-order valence-electron chi connectivity index (χ4n) is 3.12. The summed E-state index contributed by atoms with van der Waals surface area (Å²) in [6.45, 7) is -0.583. The number of aliphatic hydroxyl groups is 1. The molecular formula is C22H20N4O5. The number of hydrogen-bond donors (Lipinski definition) is 2. The maximum absolute atomic E-state index is 11.9. The molecular weight excluding hydrogens is 400 g/mol. The lowest BCUT2D eigenvalue weighted by atomic mass is 10.1. The molecule has 4 rings (SSSR count). The first-order valence-electron chi connectivity index (χ1n) is 9.37. The summed E-state index contributed by atoms with van der Waals surface area (Å²) >= 11 is 0. The van der Waals surface area contributed by atoms with Crippen LogP contribution in [0.1, 0.15) is 0 Å². The number of likely N-dealkylation sites (N-methyl/N-ethyl adjacent to an activating group) is 1. The number of oxazole rings is 2. The van der Waals surface area contributed by atoms with Crippen molar-refractivity contribution in [2.75, 3.05) is 31.0 Å². The van der Waals surface area contributed by atoms with E-state index in [0.29, 0.717) is 34.1 Å². The van der Waals surface area contributed by atoms with Crippen LogP contribution >= 0.6 is 0 Å². The van der Waals surface area contributed by atoms with Crippen LogP contribution in [0.5, 0.6) is 5.75 Å². The van der Waals surface area contributed by atoms with E-state index in [4.69, 9.17) is 18.7 Å². The van der Waals surface area contributed by atoms with Gasteiger partial charge in [-0.15, -0.1) is 0 Å². The van der Waals surface area contributed by atoms with Crippen LogP contribution in [0.3, 0.4) is 0 Å². The molecule has 0 aliphatic rings. The first-order valence-corrected chi connectivity index (χ1v) is 9.37. The van der Waals surface area contributed by atoms with Gasteiger partial charge in [-0.3, -0.25) is 4.79 Å². The van der Waals surface area contributed by atoms with Crippen LogP contribution in [0, 0.1) is 0 Å². The highest BCUT2D eigenvalue weighted by Gasteiger charge is 2.17. The van der Waals surface area contributed by atoms with E-state index in [-0.39, 0.29) is 6.01 Å². The van der Waals surface area contributed by atoms with Crippen molar-refractivity contribution in [3.8, 4) is 28.3 Å². The molecule has 9 nitrogen and oxygen atoms in total. The zero-order valence-corrected chi connectivity index (χ0v) is 16.9. The third kappa shape index (κ3) is 4.12. The minimum Gasteiger partial charge on any atom is -0.496 e. The quantitative estimate of drug-likeness (QED) is 0.465. The van der Waals surface area contributed by atoms with Gasteiger partial charge < -0.3 is 28.9 Å². The van der Waals surface area contributed by atoms with Gasteiger partial charge in [-0.25, -0.2) is 9.97 Å². The predicted octanol–water partition coefficient (Wildman–Crippen LogP) is 3.70. The van der Waals surface area contributed by atoms with Crippen molar-refractivity contribution < 1.29 is 23.5 Å². The number of anilines is 3. The van der Waals surface area contributed by atoms with E-state index in [1.807, 2.05) is 24.3 Å². The number of para-hydroxylation sites is 1. The van der Waals surface area contributed by atoms with Crippen molar-refractivity contribution in [1.29, 1.82) is 0 Å². The van der Waals surface area contributed by atoms with Crippen LogP contribution in [-0.4, -0.2) is 41.7 Å². The molecule has 0 unspecified atom stereocenters. The number of nitrogens with one attached hydrogen (secondary N) is 1. The maximum atomic E-state index is 11.9. The molecule has 2 heterocycles. The molecule has 0 spiro atoms. The van der Waals surface area contributed by atoms with Gasteiger partial charge in [0.1, 0.15) is 24.3 Å². The highest BCUT2D eigenvalue weighted by molar-refractivity contribution is 5.97. The van der Waals surface area contributed by atoms with Gasteiger partial charge in [-0.05, 0) is 24.3 Å². The highest BCUT2D eigenvalue weighted by atomic mass is 16.5. The van der Waals surface area contributed by atoms with Crippen LogP contribution in [0.4, 0.5) is 17.4 Å². The van der Waals surface area contributed by atoms with Gasteiger partial charge in [-0.2, -0.15) is 0 Å². The third-order valence-electron chi connectivity index (χ3n) is 4.71. The number of ether oxygens (including phenoxy) is 1. The lowest BCUT2D eigenvalue weighted by Crippen LogP contribution is -2.29.